The van der Waals surface area contributed by atoms with Crippen molar-refractivity contribution in [1.29, 1.82) is 0 Å². The zero-order valence-corrected chi connectivity index (χ0v) is 20.3. The van der Waals surface area contributed by atoms with Crippen molar-refractivity contribution in [3.8, 4) is 0 Å². The molecule has 1 aromatic heterocycles. The predicted molar refractivity (Wildman–Crippen MR) is 126 cm³/mol. The van der Waals surface area contributed by atoms with E-state index >= 15 is 0 Å². The lowest BCUT2D eigenvalue weighted by atomic mass is 10.1. The Hall–Kier alpha value is -1.87. The van der Waals surface area contributed by atoms with Crippen LogP contribution in [0.1, 0.15) is 56.8 Å². The summed E-state index contributed by atoms with van der Waals surface area (Å²) in [4.78, 5) is 15.2. The summed E-state index contributed by atoms with van der Waals surface area (Å²) in [5.41, 5.74) is 1.18. The summed E-state index contributed by atoms with van der Waals surface area (Å²) < 4.78 is 26.2. The number of benzene rings is 1. The van der Waals surface area contributed by atoms with Crippen LogP contribution in [0, 0.1) is 0 Å². The van der Waals surface area contributed by atoms with Crippen LogP contribution in [0.4, 0.5) is 0 Å². The third kappa shape index (κ3) is 5.54. The van der Waals surface area contributed by atoms with Crippen LogP contribution in [0.25, 0.3) is 0 Å². The van der Waals surface area contributed by atoms with Crippen LogP contribution in [0.15, 0.2) is 35.5 Å². The highest BCUT2D eigenvalue weighted by Gasteiger charge is 2.39. The van der Waals surface area contributed by atoms with Crippen molar-refractivity contribution in [2.45, 2.75) is 75.7 Å². The van der Waals surface area contributed by atoms with Gasteiger partial charge in [-0.3, -0.25) is 4.79 Å². The van der Waals surface area contributed by atoms with Gasteiger partial charge in [0.1, 0.15) is 5.82 Å². The maximum absolute atomic E-state index is 13.3. The normalized spacial score (nSPS) is 20.6. The Morgan fingerprint density at radius 3 is 2.53 bits per heavy atom. The largest absolute Gasteiger partial charge is 0.335 e. The second kappa shape index (κ2) is 10.4. The summed E-state index contributed by atoms with van der Waals surface area (Å²) in [5.74, 6) is 1.49. The molecule has 2 aliphatic rings. The average molecular weight is 477 g/mol. The molecule has 32 heavy (non-hydrogen) atoms. The van der Waals surface area contributed by atoms with Gasteiger partial charge >= 0.3 is 0 Å². The van der Waals surface area contributed by atoms with E-state index in [9.17, 15) is 13.2 Å². The van der Waals surface area contributed by atoms with Crippen LogP contribution in [0.5, 0.6) is 0 Å². The molecule has 2 fully saturated rings. The number of amides is 1. The summed E-state index contributed by atoms with van der Waals surface area (Å²) in [6.07, 6.45) is 6.37. The zero-order valence-electron chi connectivity index (χ0n) is 18.6. The molecule has 1 unspecified atom stereocenters. The minimum atomic E-state index is -3.04. The number of thioether (sulfide) groups is 1. The van der Waals surface area contributed by atoms with Crippen LogP contribution < -0.4 is 0 Å². The van der Waals surface area contributed by atoms with E-state index < -0.39 is 9.84 Å². The van der Waals surface area contributed by atoms with Gasteiger partial charge in [-0.25, -0.2) is 8.42 Å². The number of nitrogens with zero attached hydrogens (tertiary/aromatic N) is 4. The monoisotopic (exact) mass is 476 g/mol. The third-order valence-electron chi connectivity index (χ3n) is 6.38. The lowest BCUT2D eigenvalue weighted by Gasteiger charge is -2.34. The minimum Gasteiger partial charge on any atom is -0.335 e. The fraction of sp³-hybridized carbons (Fsp3) is 0.609. The SMILES string of the molecule is CCCn1c(Cc2ccccc2)nnc1SCC(=O)N(C1CCCC1)C1CCS(=O)(=O)C1. The molecule has 1 amide bonds. The third-order valence-corrected chi connectivity index (χ3v) is 9.08. The smallest absolute Gasteiger partial charge is 0.233 e. The highest BCUT2D eigenvalue weighted by molar-refractivity contribution is 7.99. The first-order valence-corrected chi connectivity index (χ1v) is 14.4. The second-order valence-corrected chi connectivity index (χ2v) is 12.0. The Morgan fingerprint density at radius 1 is 1.12 bits per heavy atom. The van der Waals surface area contributed by atoms with E-state index in [4.69, 9.17) is 0 Å². The molecule has 1 atom stereocenters. The molecule has 9 heteroatoms. The standard InChI is InChI=1S/C23H32N4O3S2/c1-2-13-26-21(15-18-8-4-3-5-9-18)24-25-23(26)31-16-22(28)27(19-10-6-7-11-19)20-12-14-32(29,30)17-20/h3-5,8-9,19-20H,2,6-7,10-17H2,1H3. The van der Waals surface area contributed by atoms with E-state index in [1.165, 1.54) is 17.3 Å². The molecular weight excluding hydrogens is 444 g/mol. The Labute approximate surface area is 194 Å². The molecule has 4 rings (SSSR count). The Morgan fingerprint density at radius 2 is 1.88 bits per heavy atom. The Bertz CT molecular complexity index is 1020. The lowest BCUT2D eigenvalue weighted by Crippen LogP contribution is -2.47. The summed E-state index contributed by atoms with van der Waals surface area (Å²) >= 11 is 1.42. The van der Waals surface area contributed by atoms with Gasteiger partial charge < -0.3 is 9.47 Å². The number of hydrogen-bond acceptors (Lipinski definition) is 6. The van der Waals surface area contributed by atoms with Gasteiger partial charge in [0.05, 0.1) is 17.3 Å². The first-order chi connectivity index (χ1) is 15.5. The van der Waals surface area contributed by atoms with Crippen molar-refractivity contribution in [3.05, 3.63) is 41.7 Å². The van der Waals surface area contributed by atoms with E-state index in [1.807, 2.05) is 23.1 Å². The van der Waals surface area contributed by atoms with Crippen LogP contribution >= 0.6 is 11.8 Å². The molecule has 7 nitrogen and oxygen atoms in total. The van der Waals surface area contributed by atoms with E-state index in [0.29, 0.717) is 12.8 Å². The first-order valence-electron chi connectivity index (χ1n) is 11.6. The first kappa shape index (κ1) is 23.3. The molecule has 174 valence electrons. The molecule has 0 bridgehead atoms. The molecule has 1 saturated carbocycles. The van der Waals surface area contributed by atoms with Gasteiger partial charge in [-0.1, -0.05) is 61.9 Å². The Balaban J connectivity index is 1.46. The van der Waals surface area contributed by atoms with Crippen molar-refractivity contribution >= 4 is 27.5 Å². The maximum Gasteiger partial charge on any atom is 0.233 e. The number of carbonyl (C=O) groups excluding carboxylic acids is 1. The summed E-state index contributed by atoms with van der Waals surface area (Å²) in [6.45, 7) is 2.92. The van der Waals surface area contributed by atoms with Gasteiger partial charge in [-0.2, -0.15) is 0 Å². The van der Waals surface area contributed by atoms with Crippen molar-refractivity contribution in [2.75, 3.05) is 17.3 Å². The van der Waals surface area contributed by atoms with Crippen molar-refractivity contribution in [3.63, 3.8) is 0 Å². The fourth-order valence-corrected chi connectivity index (χ4v) is 7.43. The Kier molecular flexibility index (Phi) is 7.55. The van der Waals surface area contributed by atoms with E-state index in [1.54, 1.807) is 0 Å². The number of carbonyl (C=O) groups is 1. The molecule has 1 aliphatic heterocycles. The summed E-state index contributed by atoms with van der Waals surface area (Å²) in [6, 6.07) is 10.2. The highest BCUT2D eigenvalue weighted by Crippen LogP contribution is 2.30. The minimum absolute atomic E-state index is 0.0275. The molecule has 0 spiro atoms. The predicted octanol–water partition coefficient (Wildman–Crippen LogP) is 3.33. The van der Waals surface area contributed by atoms with Gasteiger partial charge in [0.25, 0.3) is 0 Å². The van der Waals surface area contributed by atoms with Crippen molar-refractivity contribution < 1.29 is 13.2 Å². The quantitative estimate of drug-likeness (QED) is 0.516. The van der Waals surface area contributed by atoms with Crippen LogP contribution in [0.3, 0.4) is 0 Å². The fourth-order valence-electron chi connectivity index (χ4n) is 4.87. The molecule has 1 saturated heterocycles. The number of sulfone groups is 1. The van der Waals surface area contributed by atoms with Crippen molar-refractivity contribution in [2.24, 2.45) is 0 Å². The van der Waals surface area contributed by atoms with Crippen LogP contribution in [0.2, 0.25) is 0 Å². The van der Waals surface area contributed by atoms with Gasteiger partial charge in [-0.15, -0.1) is 10.2 Å². The number of hydrogen-bond donors (Lipinski definition) is 0. The van der Waals surface area contributed by atoms with Gasteiger partial charge in [-0.05, 0) is 31.2 Å². The van der Waals surface area contributed by atoms with Crippen LogP contribution in [-0.2, 0) is 27.6 Å². The summed E-state index contributed by atoms with van der Waals surface area (Å²) in [5, 5.41) is 9.57. The van der Waals surface area contributed by atoms with E-state index in [2.05, 4.69) is 33.8 Å². The molecule has 0 radical (unpaired) electrons. The second-order valence-electron chi connectivity index (χ2n) is 8.80. The van der Waals surface area contributed by atoms with Crippen LogP contribution in [-0.4, -0.2) is 63.3 Å². The average Bonchev–Trinajstić information content (AvgIpc) is 3.50. The number of rotatable bonds is 9. The maximum atomic E-state index is 13.3. The van der Waals surface area contributed by atoms with Gasteiger partial charge in [0, 0.05) is 25.0 Å². The highest BCUT2D eigenvalue weighted by atomic mass is 32.2. The summed E-state index contributed by atoms with van der Waals surface area (Å²) in [7, 11) is -3.04. The topological polar surface area (TPSA) is 85.2 Å². The van der Waals surface area contributed by atoms with Gasteiger partial charge in [0.2, 0.25) is 5.91 Å². The molecule has 2 aromatic rings. The van der Waals surface area contributed by atoms with Gasteiger partial charge in [0.15, 0.2) is 15.0 Å². The molecule has 1 aliphatic carbocycles. The van der Waals surface area contributed by atoms with Crippen molar-refractivity contribution in [1.82, 2.24) is 19.7 Å². The lowest BCUT2D eigenvalue weighted by molar-refractivity contribution is -0.132. The molecule has 2 heterocycles. The molecule has 1 aromatic carbocycles. The number of aromatic nitrogens is 3. The molecule has 0 N–H and O–H groups in total. The molecular formula is C23H32N4O3S2. The van der Waals surface area contributed by atoms with E-state index in [0.717, 1.165) is 49.6 Å². The van der Waals surface area contributed by atoms with E-state index in [-0.39, 0.29) is 35.2 Å². The zero-order chi connectivity index (χ0) is 22.6.